The number of rotatable bonds is 4. The molecular weight excluding hydrogens is 126 g/mol. The highest BCUT2D eigenvalue weighted by Gasteiger charge is 2.42. The Kier molecular flexibility index (Phi) is 1.46. The summed E-state index contributed by atoms with van der Waals surface area (Å²) in [5.74, 6) is 0. The molecule has 0 atom stereocenters. The molecule has 0 aromatic rings. The van der Waals surface area contributed by atoms with Gasteiger partial charge in [-0.2, -0.15) is 0 Å². The van der Waals surface area contributed by atoms with Gasteiger partial charge in [0.15, 0.2) is 0 Å². The van der Waals surface area contributed by atoms with Crippen LogP contribution in [0.1, 0.15) is 25.7 Å². The van der Waals surface area contributed by atoms with Crippen molar-refractivity contribution in [3.8, 4) is 0 Å². The third-order valence-corrected chi connectivity index (χ3v) is 2.64. The highest BCUT2D eigenvalue weighted by Crippen LogP contribution is 2.44. The Labute approximate surface area is 61.6 Å². The van der Waals surface area contributed by atoms with Gasteiger partial charge in [-0.3, -0.25) is 0 Å². The van der Waals surface area contributed by atoms with Crippen LogP contribution in [0.25, 0.3) is 0 Å². The van der Waals surface area contributed by atoms with Crippen LogP contribution in [0.5, 0.6) is 0 Å². The number of nitrogens with one attached hydrogen (secondary N) is 1. The predicted molar refractivity (Wildman–Crippen MR) is 39.8 cm³/mol. The van der Waals surface area contributed by atoms with Gasteiger partial charge < -0.3 is 10.4 Å². The van der Waals surface area contributed by atoms with Crippen molar-refractivity contribution >= 4 is 0 Å². The van der Waals surface area contributed by atoms with Gasteiger partial charge in [0.1, 0.15) is 0 Å². The van der Waals surface area contributed by atoms with Gasteiger partial charge in [0.2, 0.25) is 0 Å². The molecule has 0 unspecified atom stereocenters. The minimum Gasteiger partial charge on any atom is -0.396 e. The Morgan fingerprint density at radius 2 is 2.10 bits per heavy atom. The van der Waals surface area contributed by atoms with Crippen LogP contribution in [0.15, 0.2) is 0 Å². The smallest absolute Gasteiger partial charge is 0.0499 e. The number of aliphatic hydroxyl groups is 1. The molecule has 2 fully saturated rings. The van der Waals surface area contributed by atoms with E-state index in [1.807, 2.05) is 0 Å². The van der Waals surface area contributed by atoms with E-state index < -0.39 is 0 Å². The second-order valence-electron chi connectivity index (χ2n) is 3.81. The summed E-state index contributed by atoms with van der Waals surface area (Å²) in [4.78, 5) is 0. The Morgan fingerprint density at radius 3 is 2.50 bits per heavy atom. The van der Waals surface area contributed by atoms with Gasteiger partial charge in [-0.1, -0.05) is 0 Å². The van der Waals surface area contributed by atoms with Crippen molar-refractivity contribution in [3.63, 3.8) is 0 Å². The predicted octanol–water partition coefficient (Wildman–Crippen LogP) is 0.511. The van der Waals surface area contributed by atoms with Crippen LogP contribution in [-0.4, -0.2) is 24.3 Å². The average molecular weight is 141 g/mol. The fourth-order valence-electron chi connectivity index (χ4n) is 1.22. The number of aliphatic hydroxyl groups excluding tert-OH is 1. The second kappa shape index (κ2) is 2.21. The molecule has 2 aliphatic carbocycles. The van der Waals surface area contributed by atoms with Crippen molar-refractivity contribution in [2.75, 3.05) is 13.2 Å². The SMILES string of the molecule is OCC1(CNC2CC2)CC1. The van der Waals surface area contributed by atoms with Gasteiger partial charge in [0.25, 0.3) is 0 Å². The van der Waals surface area contributed by atoms with Crippen LogP contribution in [0.2, 0.25) is 0 Å². The second-order valence-corrected chi connectivity index (χ2v) is 3.81. The molecule has 2 saturated carbocycles. The Hall–Kier alpha value is -0.0800. The van der Waals surface area contributed by atoms with Crippen molar-refractivity contribution in [2.45, 2.75) is 31.7 Å². The molecule has 2 nitrogen and oxygen atoms in total. The number of hydrogen-bond acceptors (Lipinski definition) is 2. The maximum atomic E-state index is 8.95. The van der Waals surface area contributed by atoms with E-state index in [0.717, 1.165) is 12.6 Å². The molecule has 0 aromatic heterocycles. The van der Waals surface area contributed by atoms with Crippen molar-refractivity contribution in [2.24, 2.45) is 5.41 Å². The van der Waals surface area contributed by atoms with Crippen LogP contribution >= 0.6 is 0 Å². The van der Waals surface area contributed by atoms with Crippen LogP contribution in [0.3, 0.4) is 0 Å². The molecule has 0 spiro atoms. The standard InChI is InChI=1S/C8H15NO/c10-6-8(3-4-8)5-9-7-1-2-7/h7,9-10H,1-6H2. The van der Waals surface area contributed by atoms with E-state index in [0.29, 0.717) is 12.0 Å². The van der Waals surface area contributed by atoms with Gasteiger partial charge in [-0.25, -0.2) is 0 Å². The topological polar surface area (TPSA) is 32.3 Å². The molecule has 0 bridgehead atoms. The van der Waals surface area contributed by atoms with Gasteiger partial charge in [0, 0.05) is 24.6 Å². The van der Waals surface area contributed by atoms with Crippen molar-refractivity contribution in [3.05, 3.63) is 0 Å². The first kappa shape index (κ1) is 6.62. The fourth-order valence-corrected chi connectivity index (χ4v) is 1.22. The van der Waals surface area contributed by atoms with Crippen LogP contribution in [-0.2, 0) is 0 Å². The quantitative estimate of drug-likeness (QED) is 0.598. The molecule has 0 saturated heterocycles. The summed E-state index contributed by atoms with van der Waals surface area (Å²) in [5.41, 5.74) is 0.308. The molecule has 2 rings (SSSR count). The lowest BCUT2D eigenvalue weighted by Crippen LogP contribution is -2.27. The summed E-state index contributed by atoms with van der Waals surface area (Å²) >= 11 is 0. The van der Waals surface area contributed by atoms with Crippen LogP contribution in [0.4, 0.5) is 0 Å². The average Bonchev–Trinajstić information content (AvgIpc) is 2.83. The van der Waals surface area contributed by atoms with E-state index in [-0.39, 0.29) is 0 Å². The highest BCUT2D eigenvalue weighted by molar-refractivity contribution is 4.96. The molecule has 0 aromatic carbocycles. The minimum absolute atomic E-state index is 0.308. The van der Waals surface area contributed by atoms with Gasteiger partial charge in [0.05, 0.1) is 0 Å². The first-order valence-corrected chi connectivity index (χ1v) is 4.19. The zero-order valence-electron chi connectivity index (χ0n) is 6.27. The highest BCUT2D eigenvalue weighted by atomic mass is 16.3. The number of hydrogen-bond donors (Lipinski definition) is 2. The van der Waals surface area contributed by atoms with Gasteiger partial charge >= 0.3 is 0 Å². The van der Waals surface area contributed by atoms with Gasteiger partial charge in [-0.15, -0.1) is 0 Å². The summed E-state index contributed by atoms with van der Waals surface area (Å²) < 4.78 is 0. The lowest BCUT2D eigenvalue weighted by Gasteiger charge is -2.11. The van der Waals surface area contributed by atoms with E-state index >= 15 is 0 Å². The third-order valence-electron chi connectivity index (χ3n) is 2.64. The lowest BCUT2D eigenvalue weighted by molar-refractivity contribution is 0.207. The Bertz CT molecular complexity index is 127. The van der Waals surface area contributed by atoms with E-state index in [9.17, 15) is 0 Å². The summed E-state index contributed by atoms with van der Waals surface area (Å²) in [7, 11) is 0. The molecular formula is C8H15NO. The molecule has 2 aliphatic rings. The molecule has 0 heterocycles. The molecule has 58 valence electrons. The summed E-state index contributed by atoms with van der Waals surface area (Å²) in [6, 6.07) is 0.795. The zero-order valence-corrected chi connectivity index (χ0v) is 6.27. The van der Waals surface area contributed by atoms with Crippen molar-refractivity contribution in [1.82, 2.24) is 5.32 Å². The largest absolute Gasteiger partial charge is 0.396 e. The van der Waals surface area contributed by atoms with Crippen molar-refractivity contribution in [1.29, 1.82) is 0 Å². The monoisotopic (exact) mass is 141 g/mol. The first-order chi connectivity index (χ1) is 4.85. The zero-order chi connectivity index (χ0) is 7.03. The molecule has 0 aliphatic heterocycles. The van der Waals surface area contributed by atoms with E-state index in [2.05, 4.69) is 5.32 Å². The van der Waals surface area contributed by atoms with Crippen molar-refractivity contribution < 1.29 is 5.11 Å². The normalized spacial score (nSPS) is 28.5. The van der Waals surface area contributed by atoms with E-state index in [1.54, 1.807) is 0 Å². The Balaban J connectivity index is 1.68. The van der Waals surface area contributed by atoms with E-state index in [4.69, 9.17) is 5.11 Å². The summed E-state index contributed by atoms with van der Waals surface area (Å²) in [5, 5.41) is 12.4. The molecule has 2 N–H and O–H groups in total. The maximum absolute atomic E-state index is 8.95. The molecule has 10 heavy (non-hydrogen) atoms. The lowest BCUT2D eigenvalue weighted by atomic mass is 10.1. The third kappa shape index (κ3) is 1.32. The maximum Gasteiger partial charge on any atom is 0.0499 e. The molecule has 0 radical (unpaired) electrons. The van der Waals surface area contributed by atoms with E-state index in [1.165, 1.54) is 25.7 Å². The minimum atomic E-state index is 0.308. The first-order valence-electron chi connectivity index (χ1n) is 4.19. The summed E-state index contributed by atoms with van der Waals surface area (Å²) in [6.07, 6.45) is 5.15. The van der Waals surface area contributed by atoms with Gasteiger partial charge in [-0.05, 0) is 25.7 Å². The Morgan fingerprint density at radius 1 is 1.40 bits per heavy atom. The fraction of sp³-hybridized carbons (Fsp3) is 1.00. The van der Waals surface area contributed by atoms with Crippen LogP contribution in [0, 0.1) is 5.41 Å². The summed E-state index contributed by atoms with van der Waals surface area (Å²) in [6.45, 7) is 1.43. The molecule has 0 amide bonds. The van der Waals surface area contributed by atoms with Crippen LogP contribution < -0.4 is 5.32 Å². The molecule has 2 heteroatoms.